The lowest BCUT2D eigenvalue weighted by atomic mass is 10.1. The summed E-state index contributed by atoms with van der Waals surface area (Å²) in [5, 5.41) is 6.94. The summed E-state index contributed by atoms with van der Waals surface area (Å²) in [5.41, 5.74) is 2.33. The Morgan fingerprint density at radius 3 is 2.45 bits per heavy atom. The van der Waals surface area contributed by atoms with Crippen molar-refractivity contribution in [2.45, 2.75) is 20.1 Å². The fraction of sp³-hybridized carbons (Fsp3) is 0.222. The van der Waals surface area contributed by atoms with Crippen molar-refractivity contribution < 1.29 is 23.0 Å². The number of halogens is 3. The zero-order valence-corrected chi connectivity index (χ0v) is 16.2. The number of anilines is 1. The van der Waals surface area contributed by atoms with Gasteiger partial charge in [0.1, 0.15) is 5.69 Å². The number of rotatable bonds is 3. The summed E-state index contributed by atoms with van der Waals surface area (Å²) in [6.07, 6.45) is -0.935. The van der Waals surface area contributed by atoms with Gasteiger partial charge in [0, 0.05) is 12.6 Å². The molecule has 0 bridgehead atoms. The van der Waals surface area contributed by atoms with Crippen molar-refractivity contribution >= 4 is 23.3 Å². The van der Waals surface area contributed by atoms with Gasteiger partial charge in [0.05, 0.1) is 28.8 Å². The van der Waals surface area contributed by atoms with Crippen LogP contribution in [0.25, 0.3) is 11.3 Å². The van der Waals surface area contributed by atoms with Crippen molar-refractivity contribution in [3.8, 4) is 22.8 Å². The standard InChI is InChI=1S/C18H14ClF2N5O3/c1-8-4-12-13(29-18(20,21)28-12)5-10(8)11-6-23-14(7-22-11)24-17(27)16-15(19)9(2)25-26(16)3/h4-7H,1-3H3,(H,23,24,27). The molecular formula is C18H14ClF2N5O3. The average molecular weight is 422 g/mol. The van der Waals surface area contributed by atoms with Crippen LogP contribution in [0, 0.1) is 13.8 Å². The molecule has 1 N–H and O–H groups in total. The molecule has 1 aromatic carbocycles. The third kappa shape index (κ3) is 3.46. The zero-order valence-electron chi connectivity index (χ0n) is 15.5. The highest BCUT2D eigenvalue weighted by Gasteiger charge is 2.43. The molecule has 0 atom stereocenters. The third-order valence-electron chi connectivity index (χ3n) is 4.28. The summed E-state index contributed by atoms with van der Waals surface area (Å²) < 4.78 is 36.8. The topological polar surface area (TPSA) is 91.2 Å². The number of alkyl halides is 2. The van der Waals surface area contributed by atoms with Crippen LogP contribution in [0.15, 0.2) is 24.5 Å². The molecule has 1 aliphatic rings. The van der Waals surface area contributed by atoms with E-state index in [-0.39, 0.29) is 28.0 Å². The zero-order chi connectivity index (χ0) is 20.9. The van der Waals surface area contributed by atoms with E-state index in [4.69, 9.17) is 11.6 Å². The van der Waals surface area contributed by atoms with Gasteiger partial charge < -0.3 is 14.8 Å². The Morgan fingerprint density at radius 1 is 1.17 bits per heavy atom. The van der Waals surface area contributed by atoms with E-state index in [9.17, 15) is 13.6 Å². The Labute approximate surface area is 168 Å². The monoisotopic (exact) mass is 421 g/mol. The van der Waals surface area contributed by atoms with Crippen molar-refractivity contribution in [3.05, 3.63) is 46.5 Å². The fourth-order valence-electron chi connectivity index (χ4n) is 2.96. The molecular weight excluding hydrogens is 408 g/mol. The van der Waals surface area contributed by atoms with Gasteiger partial charge in [-0.1, -0.05) is 11.6 Å². The van der Waals surface area contributed by atoms with E-state index >= 15 is 0 Å². The van der Waals surface area contributed by atoms with Gasteiger partial charge in [-0.3, -0.25) is 14.5 Å². The minimum Gasteiger partial charge on any atom is -0.395 e. The maximum atomic E-state index is 13.2. The molecule has 4 rings (SSSR count). The van der Waals surface area contributed by atoms with Crippen molar-refractivity contribution in [1.82, 2.24) is 19.7 Å². The summed E-state index contributed by atoms with van der Waals surface area (Å²) in [4.78, 5) is 20.9. The van der Waals surface area contributed by atoms with Crippen LogP contribution in [0.4, 0.5) is 14.6 Å². The van der Waals surface area contributed by atoms with Gasteiger partial charge in [-0.15, -0.1) is 8.78 Å². The number of nitrogens with one attached hydrogen (secondary N) is 1. The van der Waals surface area contributed by atoms with Crippen molar-refractivity contribution in [1.29, 1.82) is 0 Å². The van der Waals surface area contributed by atoms with Crippen LogP contribution < -0.4 is 14.8 Å². The molecule has 0 fully saturated rings. The maximum absolute atomic E-state index is 13.2. The number of aromatic nitrogens is 4. The smallest absolute Gasteiger partial charge is 0.395 e. The van der Waals surface area contributed by atoms with Crippen molar-refractivity contribution in [2.24, 2.45) is 7.05 Å². The van der Waals surface area contributed by atoms with Gasteiger partial charge in [0.15, 0.2) is 17.3 Å². The van der Waals surface area contributed by atoms with Crippen LogP contribution >= 0.6 is 11.6 Å². The lowest BCUT2D eigenvalue weighted by Crippen LogP contribution is -2.25. The molecule has 150 valence electrons. The summed E-state index contributed by atoms with van der Waals surface area (Å²) in [6.45, 7) is 3.41. The van der Waals surface area contributed by atoms with E-state index in [0.717, 1.165) is 0 Å². The van der Waals surface area contributed by atoms with Crippen LogP contribution in [0.3, 0.4) is 0 Å². The Kier molecular flexibility index (Phi) is 4.38. The minimum atomic E-state index is -3.70. The molecule has 3 aromatic rings. The molecule has 29 heavy (non-hydrogen) atoms. The first-order valence-electron chi connectivity index (χ1n) is 8.38. The lowest BCUT2D eigenvalue weighted by molar-refractivity contribution is -0.286. The molecule has 0 saturated heterocycles. The summed E-state index contributed by atoms with van der Waals surface area (Å²) >= 11 is 6.11. The predicted molar refractivity (Wildman–Crippen MR) is 99.3 cm³/mol. The second kappa shape index (κ2) is 6.66. The molecule has 3 heterocycles. The number of carbonyl (C=O) groups excluding carboxylic acids is 1. The van der Waals surface area contributed by atoms with Gasteiger partial charge >= 0.3 is 6.29 Å². The van der Waals surface area contributed by atoms with E-state index in [2.05, 4.69) is 29.9 Å². The maximum Gasteiger partial charge on any atom is 0.586 e. The Hall–Kier alpha value is -3.27. The normalized spacial score (nSPS) is 14.1. The van der Waals surface area contributed by atoms with Gasteiger partial charge in [0.2, 0.25) is 0 Å². The summed E-state index contributed by atoms with van der Waals surface area (Å²) in [7, 11) is 1.61. The number of ether oxygens (including phenoxy) is 2. The first-order valence-corrected chi connectivity index (χ1v) is 8.76. The number of aryl methyl sites for hydroxylation is 3. The average Bonchev–Trinajstić information content (AvgIpc) is 3.07. The highest BCUT2D eigenvalue weighted by atomic mass is 35.5. The van der Waals surface area contributed by atoms with E-state index in [1.807, 2.05) is 0 Å². The Balaban J connectivity index is 1.57. The first-order chi connectivity index (χ1) is 13.6. The molecule has 1 amide bonds. The predicted octanol–water partition coefficient (Wildman–Crippen LogP) is 3.72. The van der Waals surface area contributed by atoms with E-state index in [1.54, 1.807) is 20.9 Å². The second-order valence-electron chi connectivity index (χ2n) is 6.39. The van der Waals surface area contributed by atoms with Crippen LogP contribution in [-0.4, -0.2) is 32.0 Å². The SMILES string of the molecule is Cc1cc2c(cc1-c1cnc(NC(=O)c3c(Cl)c(C)nn3C)cn1)OC(F)(F)O2. The van der Waals surface area contributed by atoms with E-state index < -0.39 is 12.2 Å². The number of amides is 1. The number of fused-ring (bicyclic) bond motifs is 1. The second-order valence-corrected chi connectivity index (χ2v) is 6.77. The summed E-state index contributed by atoms with van der Waals surface area (Å²) in [6, 6.07) is 2.85. The molecule has 0 saturated carbocycles. The summed E-state index contributed by atoms with van der Waals surface area (Å²) in [5.74, 6) is -0.423. The number of benzene rings is 1. The third-order valence-corrected chi connectivity index (χ3v) is 4.73. The van der Waals surface area contributed by atoms with Gasteiger partial charge in [-0.05, 0) is 31.5 Å². The molecule has 0 spiro atoms. The van der Waals surface area contributed by atoms with Crippen molar-refractivity contribution in [2.75, 3.05) is 5.32 Å². The van der Waals surface area contributed by atoms with Crippen LogP contribution in [-0.2, 0) is 7.05 Å². The highest BCUT2D eigenvalue weighted by Crippen LogP contribution is 2.44. The van der Waals surface area contributed by atoms with Crippen LogP contribution in [0.1, 0.15) is 21.7 Å². The van der Waals surface area contributed by atoms with Gasteiger partial charge in [-0.25, -0.2) is 4.98 Å². The molecule has 0 radical (unpaired) electrons. The quantitative estimate of drug-likeness (QED) is 0.693. The van der Waals surface area contributed by atoms with Gasteiger partial charge in [-0.2, -0.15) is 5.10 Å². The Bertz CT molecular complexity index is 1130. The largest absolute Gasteiger partial charge is 0.586 e. The number of carbonyl (C=O) groups is 1. The molecule has 0 unspecified atom stereocenters. The fourth-order valence-corrected chi connectivity index (χ4v) is 3.21. The number of hydrogen-bond acceptors (Lipinski definition) is 6. The van der Waals surface area contributed by atoms with Crippen LogP contribution in [0.2, 0.25) is 5.02 Å². The minimum absolute atomic E-state index is 0.0450. The molecule has 1 aliphatic heterocycles. The van der Waals surface area contributed by atoms with Crippen molar-refractivity contribution in [3.63, 3.8) is 0 Å². The lowest BCUT2D eigenvalue weighted by Gasteiger charge is -2.08. The number of nitrogens with zero attached hydrogens (tertiary/aromatic N) is 4. The molecule has 8 nitrogen and oxygen atoms in total. The van der Waals surface area contributed by atoms with E-state index in [0.29, 0.717) is 22.5 Å². The number of hydrogen-bond donors (Lipinski definition) is 1. The highest BCUT2D eigenvalue weighted by molar-refractivity contribution is 6.34. The molecule has 2 aromatic heterocycles. The Morgan fingerprint density at radius 2 is 1.86 bits per heavy atom. The first kappa shape index (κ1) is 19.1. The molecule has 11 heteroatoms. The molecule has 0 aliphatic carbocycles. The van der Waals surface area contributed by atoms with Gasteiger partial charge in [0.25, 0.3) is 5.91 Å². The van der Waals surface area contributed by atoms with Crippen LogP contribution in [0.5, 0.6) is 11.5 Å². The van der Waals surface area contributed by atoms with E-state index in [1.165, 1.54) is 29.2 Å².